The van der Waals surface area contributed by atoms with Crippen molar-refractivity contribution in [2.45, 2.75) is 18.2 Å². The maximum atomic E-state index is 12.5. The fraction of sp³-hybridized carbons (Fsp3) is 0.143. The molecule has 5 nitrogen and oxygen atoms in total. The van der Waals surface area contributed by atoms with Crippen molar-refractivity contribution in [1.82, 2.24) is 10.2 Å². The molecular formula is C14H13N3O2S2. The highest BCUT2D eigenvalue weighted by molar-refractivity contribution is 7.93. The molecule has 21 heavy (non-hydrogen) atoms. The van der Waals surface area contributed by atoms with Gasteiger partial charge < -0.3 is 0 Å². The molecule has 2 aromatic carbocycles. The Morgan fingerprint density at radius 2 is 1.86 bits per heavy atom. The number of benzene rings is 2. The summed E-state index contributed by atoms with van der Waals surface area (Å²) in [5.41, 5.74) is 0. The molecule has 0 saturated carbocycles. The van der Waals surface area contributed by atoms with Crippen molar-refractivity contribution in [2.75, 3.05) is 4.72 Å². The predicted molar refractivity (Wildman–Crippen MR) is 84.0 cm³/mol. The zero-order valence-electron chi connectivity index (χ0n) is 11.3. The zero-order chi connectivity index (χ0) is 14.9. The van der Waals surface area contributed by atoms with E-state index in [4.69, 9.17) is 0 Å². The van der Waals surface area contributed by atoms with Crippen molar-refractivity contribution >= 4 is 37.3 Å². The van der Waals surface area contributed by atoms with E-state index in [1.54, 1.807) is 18.2 Å². The molecule has 0 spiro atoms. The van der Waals surface area contributed by atoms with Gasteiger partial charge in [-0.05, 0) is 17.9 Å². The summed E-state index contributed by atoms with van der Waals surface area (Å²) in [5.74, 6) is 0. The van der Waals surface area contributed by atoms with Crippen LogP contribution in [0.1, 0.15) is 11.9 Å². The molecule has 1 N–H and O–H groups in total. The van der Waals surface area contributed by atoms with Gasteiger partial charge in [-0.2, -0.15) is 0 Å². The van der Waals surface area contributed by atoms with E-state index in [0.29, 0.717) is 10.5 Å². The lowest BCUT2D eigenvalue weighted by Crippen LogP contribution is -2.13. The van der Waals surface area contributed by atoms with Crippen LogP contribution in [-0.4, -0.2) is 18.6 Å². The number of hydrogen-bond acceptors (Lipinski definition) is 5. The van der Waals surface area contributed by atoms with Gasteiger partial charge in [0.05, 0.1) is 4.90 Å². The van der Waals surface area contributed by atoms with Gasteiger partial charge in [0.1, 0.15) is 5.01 Å². The van der Waals surface area contributed by atoms with Crippen LogP contribution in [0, 0.1) is 0 Å². The number of anilines is 1. The van der Waals surface area contributed by atoms with Crippen LogP contribution in [0.4, 0.5) is 5.13 Å². The van der Waals surface area contributed by atoms with Crippen molar-refractivity contribution in [3.63, 3.8) is 0 Å². The lowest BCUT2D eigenvalue weighted by Gasteiger charge is -2.08. The summed E-state index contributed by atoms with van der Waals surface area (Å²) >= 11 is 1.25. The number of hydrogen-bond donors (Lipinski definition) is 1. The molecule has 7 heteroatoms. The third kappa shape index (κ3) is 2.74. The molecule has 0 bridgehead atoms. The van der Waals surface area contributed by atoms with E-state index in [9.17, 15) is 8.42 Å². The number of aryl methyl sites for hydroxylation is 1. The highest BCUT2D eigenvalue weighted by atomic mass is 32.2. The van der Waals surface area contributed by atoms with Crippen molar-refractivity contribution in [3.05, 3.63) is 47.5 Å². The second kappa shape index (κ2) is 5.42. The first kappa shape index (κ1) is 14.0. The topological polar surface area (TPSA) is 72.0 Å². The lowest BCUT2D eigenvalue weighted by molar-refractivity contribution is 0.602. The van der Waals surface area contributed by atoms with Crippen molar-refractivity contribution in [1.29, 1.82) is 0 Å². The molecule has 0 fully saturated rings. The second-order valence-corrected chi connectivity index (χ2v) is 7.15. The van der Waals surface area contributed by atoms with Gasteiger partial charge in [0, 0.05) is 5.39 Å². The Balaban J connectivity index is 2.04. The van der Waals surface area contributed by atoms with Gasteiger partial charge in [0.25, 0.3) is 10.0 Å². The molecule has 3 aromatic rings. The fourth-order valence-corrected chi connectivity index (χ4v) is 4.18. The van der Waals surface area contributed by atoms with Gasteiger partial charge in [0.15, 0.2) is 0 Å². The van der Waals surface area contributed by atoms with E-state index in [0.717, 1.165) is 16.8 Å². The minimum absolute atomic E-state index is 0.244. The minimum Gasteiger partial charge on any atom is -0.253 e. The van der Waals surface area contributed by atoms with E-state index in [-0.39, 0.29) is 4.90 Å². The quantitative estimate of drug-likeness (QED) is 0.802. The van der Waals surface area contributed by atoms with Crippen LogP contribution in [0.2, 0.25) is 0 Å². The highest BCUT2D eigenvalue weighted by Gasteiger charge is 2.19. The third-order valence-corrected chi connectivity index (χ3v) is 5.54. The van der Waals surface area contributed by atoms with Crippen LogP contribution in [0.5, 0.6) is 0 Å². The Morgan fingerprint density at radius 1 is 1.10 bits per heavy atom. The molecular weight excluding hydrogens is 306 g/mol. The summed E-state index contributed by atoms with van der Waals surface area (Å²) in [4.78, 5) is 0.244. The smallest absolute Gasteiger partial charge is 0.253 e. The number of nitrogens with one attached hydrogen (secondary N) is 1. The highest BCUT2D eigenvalue weighted by Crippen LogP contribution is 2.26. The molecule has 108 valence electrons. The van der Waals surface area contributed by atoms with Crippen molar-refractivity contribution < 1.29 is 8.42 Å². The number of nitrogens with zero attached hydrogens (tertiary/aromatic N) is 2. The molecule has 1 aromatic heterocycles. The first-order chi connectivity index (χ1) is 10.1. The molecule has 3 rings (SSSR count). The lowest BCUT2D eigenvalue weighted by atomic mass is 10.1. The number of aromatic nitrogens is 2. The number of sulfonamides is 1. The number of rotatable bonds is 4. The Bertz CT molecular complexity index is 883. The van der Waals surface area contributed by atoms with Gasteiger partial charge in [-0.25, -0.2) is 8.42 Å². The van der Waals surface area contributed by atoms with E-state index < -0.39 is 10.0 Å². The van der Waals surface area contributed by atoms with Gasteiger partial charge in [-0.1, -0.05) is 54.7 Å². The standard InChI is InChI=1S/C14H13N3O2S2/c1-2-13-15-16-14(20-13)17-21(18,19)12-9-5-7-10-6-3-4-8-11(10)12/h3-9H,2H2,1H3,(H,16,17). The van der Waals surface area contributed by atoms with Crippen molar-refractivity contribution in [3.8, 4) is 0 Å². The summed E-state index contributed by atoms with van der Waals surface area (Å²) < 4.78 is 27.6. The zero-order valence-corrected chi connectivity index (χ0v) is 12.9. The normalized spacial score (nSPS) is 11.7. The molecule has 1 heterocycles. The average Bonchev–Trinajstić information content (AvgIpc) is 2.93. The summed E-state index contributed by atoms with van der Waals surface area (Å²) in [5, 5.41) is 10.4. The number of fused-ring (bicyclic) bond motifs is 1. The van der Waals surface area contributed by atoms with E-state index in [1.807, 2.05) is 31.2 Å². The SMILES string of the molecule is CCc1nnc(NS(=O)(=O)c2cccc3ccccc23)s1. The van der Waals surface area contributed by atoms with Crippen LogP contribution in [0.25, 0.3) is 10.8 Å². The Hall–Kier alpha value is -1.99. The maximum absolute atomic E-state index is 12.5. The monoisotopic (exact) mass is 319 g/mol. The van der Waals surface area contributed by atoms with Crippen LogP contribution in [0.15, 0.2) is 47.4 Å². The summed E-state index contributed by atoms with van der Waals surface area (Å²) in [6.07, 6.45) is 0.730. The largest absolute Gasteiger partial charge is 0.264 e. The first-order valence-corrected chi connectivity index (χ1v) is 8.73. The van der Waals surface area contributed by atoms with Gasteiger partial charge in [-0.15, -0.1) is 10.2 Å². The molecule has 0 aliphatic carbocycles. The second-order valence-electron chi connectivity index (χ2n) is 4.44. The van der Waals surface area contributed by atoms with Crippen LogP contribution >= 0.6 is 11.3 Å². The average molecular weight is 319 g/mol. The summed E-state index contributed by atoms with van der Waals surface area (Å²) in [7, 11) is -3.68. The molecule has 0 aliphatic heterocycles. The van der Waals surface area contributed by atoms with E-state index >= 15 is 0 Å². The van der Waals surface area contributed by atoms with Gasteiger partial charge in [-0.3, -0.25) is 4.72 Å². The summed E-state index contributed by atoms with van der Waals surface area (Å²) in [6.45, 7) is 1.95. The van der Waals surface area contributed by atoms with Gasteiger partial charge in [0.2, 0.25) is 5.13 Å². The molecule has 0 unspecified atom stereocenters. The molecule has 0 amide bonds. The molecule has 0 saturated heterocycles. The van der Waals surface area contributed by atoms with Gasteiger partial charge >= 0.3 is 0 Å². The Morgan fingerprint density at radius 3 is 2.62 bits per heavy atom. The van der Waals surface area contributed by atoms with Crippen LogP contribution in [0.3, 0.4) is 0 Å². The molecule has 0 atom stereocenters. The van der Waals surface area contributed by atoms with E-state index in [1.165, 1.54) is 11.3 Å². The molecule has 0 radical (unpaired) electrons. The van der Waals surface area contributed by atoms with E-state index in [2.05, 4.69) is 14.9 Å². The van der Waals surface area contributed by atoms with Crippen LogP contribution in [-0.2, 0) is 16.4 Å². The minimum atomic E-state index is -3.68. The fourth-order valence-electron chi connectivity index (χ4n) is 2.04. The maximum Gasteiger partial charge on any atom is 0.264 e. The molecule has 0 aliphatic rings. The summed E-state index contributed by atoms with van der Waals surface area (Å²) in [6, 6.07) is 12.6. The first-order valence-electron chi connectivity index (χ1n) is 6.43. The van der Waals surface area contributed by atoms with Crippen LogP contribution < -0.4 is 4.72 Å². The Labute approximate surface area is 126 Å². The third-order valence-electron chi connectivity index (χ3n) is 3.03. The predicted octanol–water partition coefficient (Wildman–Crippen LogP) is 3.05. The van der Waals surface area contributed by atoms with Crippen molar-refractivity contribution in [2.24, 2.45) is 0 Å². The Kier molecular flexibility index (Phi) is 3.60.